The fourth-order valence-electron chi connectivity index (χ4n) is 1.10. The maximum absolute atomic E-state index is 13.2. The Labute approximate surface area is 102 Å². The number of nitrogens with zero attached hydrogens (tertiary/aromatic N) is 1. The number of benzene rings is 1. The Hall–Kier alpha value is -1.70. The summed E-state index contributed by atoms with van der Waals surface area (Å²) >= 11 is 0.502. The van der Waals surface area contributed by atoms with Crippen LogP contribution in [0.15, 0.2) is 23.6 Å². The monoisotopic (exact) mass is 281 g/mol. The van der Waals surface area contributed by atoms with Crippen molar-refractivity contribution in [3.8, 4) is 10.9 Å². The van der Waals surface area contributed by atoms with Crippen LogP contribution < -0.4 is 4.74 Å². The van der Waals surface area contributed by atoms with E-state index in [1.165, 1.54) is 0 Å². The summed E-state index contributed by atoms with van der Waals surface area (Å²) in [6.07, 6.45) is -4.62. The van der Waals surface area contributed by atoms with E-state index in [9.17, 15) is 22.0 Å². The minimum atomic E-state index is -4.62. The molecule has 0 spiro atoms. The largest absolute Gasteiger partial charge is 0.434 e. The Morgan fingerprint density at radius 3 is 2.22 bits per heavy atom. The van der Waals surface area contributed by atoms with Crippen LogP contribution in [-0.2, 0) is 6.18 Å². The van der Waals surface area contributed by atoms with Gasteiger partial charge in [0.05, 0.1) is 0 Å². The van der Waals surface area contributed by atoms with E-state index < -0.39 is 34.4 Å². The number of ether oxygens (including phenoxy) is 1. The Morgan fingerprint density at radius 2 is 1.72 bits per heavy atom. The van der Waals surface area contributed by atoms with Crippen molar-refractivity contribution >= 4 is 11.3 Å². The van der Waals surface area contributed by atoms with Crippen molar-refractivity contribution in [3.63, 3.8) is 0 Å². The molecule has 0 saturated heterocycles. The molecule has 0 aliphatic heterocycles. The molecule has 0 unspecified atom stereocenters. The van der Waals surface area contributed by atoms with E-state index in [-0.39, 0.29) is 0 Å². The molecule has 0 aliphatic rings. The van der Waals surface area contributed by atoms with Gasteiger partial charge in [0.1, 0.15) is 0 Å². The third kappa shape index (κ3) is 2.58. The van der Waals surface area contributed by atoms with E-state index in [1.54, 1.807) is 0 Å². The van der Waals surface area contributed by atoms with Crippen molar-refractivity contribution in [1.82, 2.24) is 4.98 Å². The van der Waals surface area contributed by atoms with Gasteiger partial charge >= 0.3 is 6.18 Å². The Kier molecular flexibility index (Phi) is 3.20. The maximum atomic E-state index is 13.2. The van der Waals surface area contributed by atoms with Gasteiger partial charge in [-0.15, -0.1) is 0 Å². The highest BCUT2D eigenvalue weighted by Gasteiger charge is 2.34. The minimum absolute atomic E-state index is 0.480. The zero-order chi connectivity index (χ0) is 13.3. The van der Waals surface area contributed by atoms with Crippen LogP contribution >= 0.6 is 11.3 Å². The zero-order valence-corrected chi connectivity index (χ0v) is 9.28. The molecule has 0 fully saturated rings. The minimum Gasteiger partial charge on any atom is -0.425 e. The lowest BCUT2D eigenvalue weighted by Crippen LogP contribution is -2.05. The first-order chi connectivity index (χ1) is 8.38. The van der Waals surface area contributed by atoms with Crippen molar-refractivity contribution in [1.29, 1.82) is 0 Å². The third-order valence-electron chi connectivity index (χ3n) is 1.88. The first-order valence-corrected chi connectivity index (χ1v) is 5.40. The zero-order valence-electron chi connectivity index (χ0n) is 8.46. The van der Waals surface area contributed by atoms with Gasteiger partial charge < -0.3 is 4.74 Å². The molecule has 0 radical (unpaired) electrons. The Balaban J connectivity index is 2.27. The first kappa shape index (κ1) is 12.7. The number of alkyl halides is 3. The summed E-state index contributed by atoms with van der Waals surface area (Å²) in [7, 11) is 0. The van der Waals surface area contributed by atoms with E-state index in [0.717, 1.165) is 18.2 Å². The molecule has 2 nitrogen and oxygen atoms in total. The fraction of sp³-hybridized carbons (Fsp3) is 0.100. The molecule has 0 saturated carbocycles. The molecule has 1 aromatic heterocycles. The Morgan fingerprint density at radius 1 is 1.11 bits per heavy atom. The lowest BCUT2D eigenvalue weighted by molar-refractivity contribution is -0.140. The molecule has 0 amide bonds. The first-order valence-electron chi connectivity index (χ1n) is 4.52. The summed E-state index contributed by atoms with van der Waals surface area (Å²) in [5, 5.41) is 0.222. The van der Waals surface area contributed by atoms with Crippen LogP contribution in [0.5, 0.6) is 10.9 Å². The van der Waals surface area contributed by atoms with E-state index in [1.807, 2.05) is 0 Å². The van der Waals surface area contributed by atoms with Gasteiger partial charge in [0.2, 0.25) is 5.75 Å². The molecule has 1 aromatic carbocycles. The molecule has 0 aliphatic carbocycles. The summed E-state index contributed by atoms with van der Waals surface area (Å²) in [6, 6.07) is 2.97. The molecular formula is C10H4F5NOS. The molecule has 96 valence electrons. The maximum Gasteiger partial charge on any atom is 0.434 e. The molecule has 0 N–H and O–H groups in total. The SMILES string of the molecule is Fc1cccc(F)c1Oc1nc(C(F)(F)F)cs1. The average molecular weight is 281 g/mol. The van der Waals surface area contributed by atoms with Crippen molar-refractivity contribution < 1.29 is 26.7 Å². The van der Waals surface area contributed by atoms with Crippen molar-refractivity contribution in [2.45, 2.75) is 6.18 Å². The highest BCUT2D eigenvalue weighted by Crippen LogP contribution is 2.35. The molecule has 0 atom stereocenters. The van der Waals surface area contributed by atoms with Gasteiger partial charge in [-0.3, -0.25) is 0 Å². The second-order valence-corrected chi connectivity index (χ2v) is 3.97. The summed E-state index contributed by atoms with van der Waals surface area (Å²) < 4.78 is 67.7. The van der Waals surface area contributed by atoms with E-state index in [4.69, 9.17) is 0 Å². The highest BCUT2D eigenvalue weighted by molar-refractivity contribution is 7.11. The van der Waals surface area contributed by atoms with Crippen molar-refractivity contribution in [2.75, 3.05) is 0 Å². The predicted molar refractivity (Wildman–Crippen MR) is 53.5 cm³/mol. The molecule has 0 bridgehead atoms. The van der Waals surface area contributed by atoms with Crippen LogP contribution in [0.3, 0.4) is 0 Å². The molecule has 2 rings (SSSR count). The highest BCUT2D eigenvalue weighted by atomic mass is 32.1. The van der Waals surface area contributed by atoms with Gasteiger partial charge in [0, 0.05) is 5.38 Å². The number of rotatable bonds is 2. The van der Waals surface area contributed by atoms with Crippen LogP contribution in [0, 0.1) is 11.6 Å². The summed E-state index contributed by atoms with van der Waals surface area (Å²) in [4.78, 5) is 3.10. The summed E-state index contributed by atoms with van der Waals surface area (Å²) in [5.74, 6) is -2.81. The van der Waals surface area contributed by atoms with Crippen LogP contribution in [0.1, 0.15) is 5.69 Å². The number of hydrogen-bond acceptors (Lipinski definition) is 3. The van der Waals surface area contributed by atoms with Gasteiger partial charge in [0.25, 0.3) is 5.19 Å². The van der Waals surface area contributed by atoms with Crippen molar-refractivity contribution in [2.24, 2.45) is 0 Å². The lowest BCUT2D eigenvalue weighted by Gasteiger charge is -2.04. The van der Waals surface area contributed by atoms with Crippen LogP contribution in [0.4, 0.5) is 22.0 Å². The van der Waals surface area contributed by atoms with Crippen LogP contribution in [-0.4, -0.2) is 4.98 Å². The third-order valence-corrected chi connectivity index (χ3v) is 2.60. The van der Waals surface area contributed by atoms with Gasteiger partial charge in [-0.2, -0.15) is 18.2 Å². The van der Waals surface area contributed by atoms with Gasteiger partial charge in [-0.05, 0) is 12.1 Å². The molecule has 2 aromatic rings. The lowest BCUT2D eigenvalue weighted by atomic mass is 10.3. The molecular weight excluding hydrogens is 277 g/mol. The van der Waals surface area contributed by atoms with Gasteiger partial charge in [-0.1, -0.05) is 17.4 Å². The van der Waals surface area contributed by atoms with Crippen LogP contribution in [0.2, 0.25) is 0 Å². The van der Waals surface area contributed by atoms with E-state index >= 15 is 0 Å². The number of halogens is 5. The quantitative estimate of drug-likeness (QED) is 0.768. The standard InChI is InChI=1S/C10H4F5NOS/c11-5-2-1-3-6(12)8(5)17-9-16-7(4-18-9)10(13,14)15/h1-4H. The molecule has 18 heavy (non-hydrogen) atoms. The second kappa shape index (κ2) is 4.52. The fourth-order valence-corrected chi connectivity index (χ4v) is 1.78. The van der Waals surface area contributed by atoms with E-state index in [2.05, 4.69) is 9.72 Å². The number of aromatic nitrogens is 1. The normalized spacial score (nSPS) is 11.6. The Bertz CT molecular complexity index is 545. The molecule has 1 heterocycles. The smallest absolute Gasteiger partial charge is 0.425 e. The summed E-state index contributed by atoms with van der Waals surface area (Å²) in [5.41, 5.74) is -1.17. The van der Waals surface area contributed by atoms with E-state index in [0.29, 0.717) is 16.7 Å². The van der Waals surface area contributed by atoms with Crippen molar-refractivity contribution in [3.05, 3.63) is 40.9 Å². The number of para-hydroxylation sites is 1. The molecule has 8 heteroatoms. The van der Waals surface area contributed by atoms with Crippen LogP contribution in [0.25, 0.3) is 0 Å². The topological polar surface area (TPSA) is 22.1 Å². The predicted octanol–water partition coefficient (Wildman–Crippen LogP) is 4.23. The number of thiazole rings is 1. The van der Waals surface area contributed by atoms with Gasteiger partial charge in [0.15, 0.2) is 17.3 Å². The second-order valence-electron chi connectivity index (χ2n) is 3.15. The average Bonchev–Trinajstić information content (AvgIpc) is 2.72. The summed E-state index contributed by atoms with van der Waals surface area (Å²) in [6.45, 7) is 0. The van der Waals surface area contributed by atoms with Gasteiger partial charge in [-0.25, -0.2) is 8.78 Å². The number of hydrogen-bond donors (Lipinski definition) is 0.